The van der Waals surface area contributed by atoms with Crippen LogP contribution in [-0.2, 0) is 6.54 Å². The Hall–Kier alpha value is -0.580. The molecular weight excluding hydrogens is 208 g/mol. The Morgan fingerprint density at radius 2 is 2.53 bits per heavy atom. The van der Waals surface area contributed by atoms with Crippen molar-refractivity contribution < 1.29 is 4.74 Å². The molecule has 84 valence electrons. The molecule has 4 heteroatoms. The Kier molecular flexibility index (Phi) is 3.61. The van der Waals surface area contributed by atoms with Gasteiger partial charge in [0.25, 0.3) is 0 Å². The second kappa shape index (κ2) is 4.96. The third kappa shape index (κ3) is 2.51. The molecule has 1 fully saturated rings. The fraction of sp³-hybridized carbons (Fsp3) is 0.636. The first-order valence-corrected chi connectivity index (χ1v) is 6.24. The molecule has 15 heavy (non-hydrogen) atoms. The summed E-state index contributed by atoms with van der Waals surface area (Å²) in [6, 6.07) is 2.66. The van der Waals surface area contributed by atoms with Crippen molar-refractivity contribution in [3.8, 4) is 5.75 Å². The van der Waals surface area contributed by atoms with E-state index in [1.807, 2.05) is 6.07 Å². The van der Waals surface area contributed by atoms with Crippen LogP contribution in [0, 0.1) is 0 Å². The molecule has 0 aliphatic carbocycles. The highest BCUT2D eigenvalue weighted by Crippen LogP contribution is 2.26. The summed E-state index contributed by atoms with van der Waals surface area (Å²) >= 11 is 1.78. The molecule has 1 aromatic heterocycles. The second-order valence-corrected chi connectivity index (χ2v) is 4.94. The molecule has 1 atom stereocenters. The highest BCUT2D eigenvalue weighted by molar-refractivity contribution is 7.10. The maximum Gasteiger partial charge on any atom is 0.134 e. The maximum absolute atomic E-state index is 5.33. The minimum absolute atomic E-state index is 0.616. The van der Waals surface area contributed by atoms with Crippen molar-refractivity contribution in [1.29, 1.82) is 0 Å². The van der Waals surface area contributed by atoms with Crippen LogP contribution in [0.5, 0.6) is 5.75 Å². The summed E-state index contributed by atoms with van der Waals surface area (Å²) in [5.74, 6) is 1.03. The number of ether oxygens (including phenoxy) is 1. The van der Waals surface area contributed by atoms with Crippen LogP contribution in [-0.4, -0.2) is 37.7 Å². The predicted octanol–water partition coefficient (Wildman–Crippen LogP) is 1.55. The number of thiophene rings is 1. The van der Waals surface area contributed by atoms with E-state index in [1.165, 1.54) is 4.88 Å². The van der Waals surface area contributed by atoms with Crippen molar-refractivity contribution in [2.75, 3.05) is 26.7 Å². The van der Waals surface area contributed by atoms with E-state index in [1.54, 1.807) is 18.4 Å². The van der Waals surface area contributed by atoms with Crippen LogP contribution in [0.25, 0.3) is 0 Å². The zero-order chi connectivity index (χ0) is 10.7. The molecule has 2 rings (SSSR count). The summed E-state index contributed by atoms with van der Waals surface area (Å²) in [5, 5.41) is 5.50. The van der Waals surface area contributed by atoms with Gasteiger partial charge in [0.15, 0.2) is 0 Å². The van der Waals surface area contributed by atoms with Crippen LogP contribution in [0.15, 0.2) is 11.4 Å². The molecule has 1 N–H and O–H groups in total. The van der Waals surface area contributed by atoms with Gasteiger partial charge in [-0.1, -0.05) is 0 Å². The van der Waals surface area contributed by atoms with Gasteiger partial charge in [-0.2, -0.15) is 0 Å². The lowest BCUT2D eigenvalue weighted by atomic mass is 10.2. The van der Waals surface area contributed by atoms with E-state index in [9.17, 15) is 0 Å². The van der Waals surface area contributed by atoms with Crippen LogP contribution in [0.4, 0.5) is 0 Å². The smallest absolute Gasteiger partial charge is 0.134 e. The lowest BCUT2D eigenvalue weighted by molar-refractivity contribution is 0.165. The molecule has 1 unspecified atom stereocenters. The summed E-state index contributed by atoms with van der Waals surface area (Å²) in [4.78, 5) is 3.84. The van der Waals surface area contributed by atoms with Crippen molar-refractivity contribution in [2.45, 2.75) is 19.5 Å². The van der Waals surface area contributed by atoms with Gasteiger partial charge < -0.3 is 10.1 Å². The van der Waals surface area contributed by atoms with Crippen molar-refractivity contribution in [3.63, 3.8) is 0 Å². The maximum atomic E-state index is 5.33. The van der Waals surface area contributed by atoms with Gasteiger partial charge >= 0.3 is 0 Å². The molecular formula is C11H18N2OS. The Morgan fingerprint density at radius 3 is 3.27 bits per heavy atom. The topological polar surface area (TPSA) is 24.5 Å². The van der Waals surface area contributed by atoms with Crippen molar-refractivity contribution >= 4 is 11.3 Å². The quantitative estimate of drug-likeness (QED) is 0.846. The molecule has 0 aromatic carbocycles. The molecule has 0 amide bonds. The number of hydrogen-bond donors (Lipinski definition) is 1. The van der Waals surface area contributed by atoms with E-state index < -0.39 is 0 Å². The number of rotatable bonds is 3. The number of nitrogens with zero attached hydrogens (tertiary/aromatic N) is 1. The number of hydrogen-bond acceptors (Lipinski definition) is 4. The zero-order valence-electron chi connectivity index (χ0n) is 9.32. The second-order valence-electron chi connectivity index (χ2n) is 3.94. The number of methoxy groups -OCH3 is 1. The van der Waals surface area contributed by atoms with Gasteiger partial charge in [-0.25, -0.2) is 0 Å². The largest absolute Gasteiger partial charge is 0.496 e. The molecule has 0 spiro atoms. The molecule has 3 nitrogen and oxygen atoms in total. The van der Waals surface area contributed by atoms with Gasteiger partial charge in [-0.05, 0) is 18.4 Å². The highest BCUT2D eigenvalue weighted by atomic mass is 32.1. The van der Waals surface area contributed by atoms with Gasteiger partial charge in [0.1, 0.15) is 5.75 Å². The van der Waals surface area contributed by atoms with E-state index in [0.717, 1.165) is 31.9 Å². The minimum Gasteiger partial charge on any atom is -0.496 e. The lowest BCUT2D eigenvalue weighted by Gasteiger charge is -2.33. The number of piperazine rings is 1. The van der Waals surface area contributed by atoms with Gasteiger partial charge in [0.2, 0.25) is 0 Å². The monoisotopic (exact) mass is 226 g/mol. The fourth-order valence-corrected chi connectivity index (χ4v) is 2.79. The van der Waals surface area contributed by atoms with Gasteiger partial charge in [0, 0.05) is 32.2 Å². The summed E-state index contributed by atoms with van der Waals surface area (Å²) in [6.45, 7) is 6.60. The van der Waals surface area contributed by atoms with Crippen molar-refractivity contribution in [2.24, 2.45) is 0 Å². The Balaban J connectivity index is 2.01. The van der Waals surface area contributed by atoms with E-state index in [0.29, 0.717) is 6.04 Å². The Morgan fingerprint density at radius 1 is 1.67 bits per heavy atom. The third-order valence-corrected chi connectivity index (χ3v) is 3.80. The minimum atomic E-state index is 0.616. The molecule has 0 bridgehead atoms. The van der Waals surface area contributed by atoms with Gasteiger partial charge in [-0.3, -0.25) is 4.90 Å². The van der Waals surface area contributed by atoms with Crippen LogP contribution in [0.2, 0.25) is 0 Å². The number of nitrogens with one attached hydrogen (secondary N) is 1. The summed E-state index contributed by atoms with van der Waals surface area (Å²) < 4.78 is 5.33. The average Bonchev–Trinajstić information content (AvgIpc) is 2.69. The van der Waals surface area contributed by atoms with Crippen LogP contribution in [0.3, 0.4) is 0 Å². The molecule has 1 aliphatic rings. The van der Waals surface area contributed by atoms with Crippen LogP contribution < -0.4 is 10.1 Å². The first-order valence-electron chi connectivity index (χ1n) is 5.36. The average molecular weight is 226 g/mol. The third-order valence-electron chi connectivity index (χ3n) is 2.91. The van der Waals surface area contributed by atoms with E-state index in [-0.39, 0.29) is 0 Å². The first kappa shape index (κ1) is 10.9. The predicted molar refractivity (Wildman–Crippen MR) is 63.6 cm³/mol. The van der Waals surface area contributed by atoms with Crippen molar-refractivity contribution in [1.82, 2.24) is 10.2 Å². The van der Waals surface area contributed by atoms with Crippen LogP contribution >= 0.6 is 11.3 Å². The summed E-state index contributed by atoms with van der Waals surface area (Å²) in [7, 11) is 1.74. The van der Waals surface area contributed by atoms with Crippen molar-refractivity contribution in [3.05, 3.63) is 16.3 Å². The zero-order valence-corrected chi connectivity index (χ0v) is 10.1. The summed E-state index contributed by atoms with van der Waals surface area (Å²) in [5.41, 5.74) is 0. The van der Waals surface area contributed by atoms with Gasteiger partial charge in [-0.15, -0.1) is 11.3 Å². The Labute approximate surface area is 95.0 Å². The standard InChI is InChI=1S/C11H18N2OS/c1-9-7-12-4-5-13(9)8-11-10(14-2)3-6-15-11/h3,6,9,12H,4-5,7-8H2,1-2H3. The lowest BCUT2D eigenvalue weighted by Crippen LogP contribution is -2.49. The molecule has 1 aromatic rings. The molecule has 0 radical (unpaired) electrons. The summed E-state index contributed by atoms with van der Waals surface area (Å²) in [6.07, 6.45) is 0. The normalized spacial score (nSPS) is 22.9. The molecule has 1 saturated heterocycles. The fourth-order valence-electron chi connectivity index (χ4n) is 1.93. The van der Waals surface area contributed by atoms with Crippen LogP contribution in [0.1, 0.15) is 11.8 Å². The van der Waals surface area contributed by atoms with E-state index in [2.05, 4.69) is 22.5 Å². The highest BCUT2D eigenvalue weighted by Gasteiger charge is 2.19. The van der Waals surface area contributed by atoms with Gasteiger partial charge in [0.05, 0.1) is 12.0 Å². The Bertz CT molecular complexity index is 313. The van der Waals surface area contributed by atoms with E-state index >= 15 is 0 Å². The first-order chi connectivity index (χ1) is 7.31. The SMILES string of the molecule is COc1ccsc1CN1CCNCC1C. The molecule has 1 aliphatic heterocycles. The molecule has 2 heterocycles. The van der Waals surface area contributed by atoms with E-state index in [4.69, 9.17) is 4.74 Å². The molecule has 0 saturated carbocycles.